The quantitative estimate of drug-likeness (QED) is 0.158. The Labute approximate surface area is 196 Å². The van der Waals surface area contributed by atoms with Gasteiger partial charge in [0.15, 0.2) is 5.84 Å². The van der Waals surface area contributed by atoms with E-state index in [9.17, 15) is 27.6 Å². The number of aromatic nitrogens is 3. The number of amides is 1. The molecule has 0 aliphatic rings. The number of hydrazone groups is 1. The molecule has 0 aliphatic carbocycles. The van der Waals surface area contributed by atoms with E-state index in [1.807, 2.05) is 6.07 Å². The van der Waals surface area contributed by atoms with Crippen LogP contribution in [0.5, 0.6) is 0 Å². The summed E-state index contributed by atoms with van der Waals surface area (Å²) in [5.74, 6) is 9.61. The summed E-state index contributed by atoms with van der Waals surface area (Å²) in [6.07, 6.45) is -2.34. The van der Waals surface area contributed by atoms with Crippen LogP contribution in [0.3, 0.4) is 0 Å². The predicted octanol–water partition coefficient (Wildman–Crippen LogP) is 2.23. The van der Waals surface area contributed by atoms with Crippen molar-refractivity contribution in [3.63, 3.8) is 0 Å². The first-order valence-electron chi connectivity index (χ1n) is 9.86. The van der Waals surface area contributed by atoms with E-state index in [4.69, 9.17) is 11.7 Å². The number of hydrogen-bond acceptors (Lipinski definition) is 7. The van der Waals surface area contributed by atoms with Gasteiger partial charge in [0.25, 0.3) is 0 Å². The topological polar surface area (TPSA) is 151 Å². The molecule has 10 nitrogen and oxygen atoms in total. The Morgan fingerprint density at radius 3 is 2.71 bits per heavy atom. The van der Waals surface area contributed by atoms with Gasteiger partial charge in [0, 0.05) is 30.1 Å². The number of nitrogens with one attached hydrogen (secondary N) is 1. The minimum atomic E-state index is -4.65. The van der Waals surface area contributed by atoms with Gasteiger partial charge >= 0.3 is 6.18 Å². The molecule has 0 radical (unpaired) electrons. The van der Waals surface area contributed by atoms with Crippen LogP contribution in [0.25, 0.3) is 11.1 Å². The van der Waals surface area contributed by atoms with Gasteiger partial charge in [-0.1, -0.05) is 6.07 Å². The van der Waals surface area contributed by atoms with Gasteiger partial charge in [-0.05, 0) is 24.3 Å². The van der Waals surface area contributed by atoms with Crippen LogP contribution >= 0.6 is 0 Å². The number of hydrazine groups is 1. The second-order valence-corrected chi connectivity index (χ2v) is 7.31. The molecule has 0 spiro atoms. The van der Waals surface area contributed by atoms with Gasteiger partial charge in [0.1, 0.15) is 18.1 Å². The van der Waals surface area contributed by atoms with Crippen molar-refractivity contribution in [2.45, 2.75) is 19.1 Å². The summed E-state index contributed by atoms with van der Waals surface area (Å²) in [6, 6.07) is 7.28. The van der Waals surface area contributed by atoms with Crippen LogP contribution < -0.4 is 17.0 Å². The van der Waals surface area contributed by atoms with Crippen molar-refractivity contribution in [3.8, 4) is 17.2 Å². The molecule has 0 fully saturated rings. The summed E-state index contributed by atoms with van der Waals surface area (Å²) in [7, 11) is 1.53. The molecular formula is C21H19F4N9O. The number of halogens is 4. The number of nitrogens with zero attached hydrogens (tertiary/aromatic N) is 6. The van der Waals surface area contributed by atoms with Gasteiger partial charge in [-0.15, -0.1) is 0 Å². The molecule has 1 amide bonds. The summed E-state index contributed by atoms with van der Waals surface area (Å²) >= 11 is 0. The minimum absolute atomic E-state index is 0.0468. The van der Waals surface area contributed by atoms with E-state index in [2.05, 4.69) is 20.5 Å². The van der Waals surface area contributed by atoms with Crippen LogP contribution in [0.2, 0.25) is 0 Å². The van der Waals surface area contributed by atoms with Gasteiger partial charge in [0.2, 0.25) is 5.91 Å². The number of pyridine rings is 1. The fourth-order valence-electron chi connectivity index (χ4n) is 3.13. The number of alkyl halides is 3. The molecule has 0 bridgehead atoms. The van der Waals surface area contributed by atoms with Crippen LogP contribution in [0.4, 0.5) is 23.2 Å². The van der Waals surface area contributed by atoms with Crippen LogP contribution in [0.15, 0.2) is 47.8 Å². The molecule has 14 heteroatoms. The van der Waals surface area contributed by atoms with Crippen molar-refractivity contribution in [3.05, 3.63) is 65.5 Å². The monoisotopic (exact) mass is 489 g/mol. The summed E-state index contributed by atoms with van der Waals surface area (Å²) in [6.45, 7) is 0.0880. The fraction of sp³-hybridized carbons (Fsp3) is 0.190. The Morgan fingerprint density at radius 2 is 2.09 bits per heavy atom. The molecule has 0 atom stereocenters. The van der Waals surface area contributed by atoms with E-state index >= 15 is 0 Å². The van der Waals surface area contributed by atoms with E-state index < -0.39 is 30.0 Å². The number of nitriles is 1. The van der Waals surface area contributed by atoms with Crippen molar-refractivity contribution in [2.75, 3.05) is 12.4 Å². The number of carbonyl (C=O) groups is 1. The van der Waals surface area contributed by atoms with Gasteiger partial charge < -0.3 is 11.2 Å². The number of benzene rings is 1. The van der Waals surface area contributed by atoms with Gasteiger partial charge in [-0.25, -0.2) is 15.2 Å². The maximum Gasteiger partial charge on any atom is 0.433 e. The third-order valence-electron chi connectivity index (χ3n) is 4.71. The maximum absolute atomic E-state index is 15.0. The molecule has 0 aliphatic heterocycles. The van der Waals surface area contributed by atoms with E-state index in [0.29, 0.717) is 0 Å². The normalized spacial score (nSPS) is 11.7. The number of rotatable bonds is 6. The second kappa shape index (κ2) is 10.2. The molecular weight excluding hydrogens is 470 g/mol. The zero-order chi connectivity index (χ0) is 25.8. The third-order valence-corrected chi connectivity index (χ3v) is 4.71. The first-order valence-corrected chi connectivity index (χ1v) is 9.86. The summed E-state index contributed by atoms with van der Waals surface area (Å²) in [4.78, 5) is 15.7. The molecule has 2 heterocycles. The highest BCUT2D eigenvalue weighted by Gasteiger charge is 2.32. The average Bonchev–Trinajstić information content (AvgIpc) is 3.24. The maximum atomic E-state index is 15.0. The van der Waals surface area contributed by atoms with Crippen LogP contribution in [-0.4, -0.2) is 38.6 Å². The molecule has 3 rings (SSSR count). The summed E-state index contributed by atoms with van der Waals surface area (Å²) in [5.41, 5.74) is -1.17. The Balaban J connectivity index is 1.80. The average molecular weight is 489 g/mol. The van der Waals surface area contributed by atoms with Crippen LogP contribution in [-0.2, 0) is 23.9 Å². The van der Waals surface area contributed by atoms with Crippen molar-refractivity contribution in [1.82, 2.24) is 19.8 Å². The highest BCUT2D eigenvalue weighted by Crippen LogP contribution is 2.30. The SMILES string of the molecule is CN(N)/C(Cn1cc(-c2c(F)cc(NC(=O)Cc3cccc(C(F)(F)F)n3)cc2C#N)cn1)=N\N. The Hall–Kier alpha value is -4.51. The Kier molecular flexibility index (Phi) is 7.31. The molecule has 0 saturated heterocycles. The highest BCUT2D eigenvalue weighted by molar-refractivity contribution is 5.93. The van der Waals surface area contributed by atoms with Gasteiger partial charge in [0.05, 0.1) is 29.9 Å². The summed E-state index contributed by atoms with van der Waals surface area (Å²) in [5, 5.41) is 20.7. The molecule has 3 aromatic rings. The van der Waals surface area contributed by atoms with Crippen molar-refractivity contribution in [2.24, 2.45) is 16.8 Å². The molecule has 5 N–H and O–H groups in total. The largest absolute Gasteiger partial charge is 0.433 e. The number of nitrogens with two attached hydrogens (primary N) is 2. The molecule has 2 aromatic heterocycles. The third kappa shape index (κ3) is 6.09. The molecule has 35 heavy (non-hydrogen) atoms. The molecule has 0 unspecified atom stereocenters. The first kappa shape index (κ1) is 25.1. The zero-order valence-corrected chi connectivity index (χ0v) is 18.2. The lowest BCUT2D eigenvalue weighted by molar-refractivity contribution is -0.141. The number of carbonyl (C=O) groups excluding carboxylic acids is 1. The van der Waals surface area contributed by atoms with Crippen molar-refractivity contribution in [1.29, 1.82) is 5.26 Å². The molecule has 0 saturated carbocycles. The standard InChI is InChI=1S/C21H19F4N9O/c1-33(28)18(32-27)11-34-10-13(9-29-34)20-12(8-26)5-15(6-16(20)22)31-19(35)7-14-3-2-4-17(30-14)21(23,24)25/h2-6,9-10H,7,11,27-28H2,1H3,(H,31,35)/b32-18-. The van der Waals surface area contributed by atoms with Gasteiger partial charge in [-0.2, -0.15) is 28.6 Å². The number of likely N-dealkylation sites (N-methyl/N-ethyl adjacent to an activating group) is 1. The predicted molar refractivity (Wildman–Crippen MR) is 117 cm³/mol. The zero-order valence-electron chi connectivity index (χ0n) is 18.2. The smallest absolute Gasteiger partial charge is 0.326 e. The van der Waals surface area contributed by atoms with Crippen LogP contribution in [0.1, 0.15) is 17.0 Å². The van der Waals surface area contributed by atoms with E-state index in [-0.39, 0.29) is 40.5 Å². The lowest BCUT2D eigenvalue weighted by atomic mass is 10.0. The van der Waals surface area contributed by atoms with Gasteiger partial charge in [-0.3, -0.25) is 14.5 Å². The number of amidine groups is 1. The summed E-state index contributed by atoms with van der Waals surface area (Å²) < 4.78 is 54.8. The Morgan fingerprint density at radius 1 is 1.34 bits per heavy atom. The number of hydrogen-bond donors (Lipinski definition) is 3. The van der Waals surface area contributed by atoms with Crippen molar-refractivity contribution < 1.29 is 22.4 Å². The fourth-order valence-corrected chi connectivity index (χ4v) is 3.13. The molecule has 182 valence electrons. The highest BCUT2D eigenvalue weighted by atomic mass is 19.4. The lowest BCUT2D eigenvalue weighted by Crippen LogP contribution is -2.37. The molecule has 1 aromatic carbocycles. The Bertz CT molecular complexity index is 1310. The minimum Gasteiger partial charge on any atom is -0.326 e. The number of anilines is 1. The van der Waals surface area contributed by atoms with Crippen LogP contribution in [0, 0.1) is 17.1 Å². The second-order valence-electron chi connectivity index (χ2n) is 7.31. The van der Waals surface area contributed by atoms with E-state index in [1.54, 1.807) is 0 Å². The van der Waals surface area contributed by atoms with Crippen molar-refractivity contribution >= 4 is 17.4 Å². The first-order chi connectivity index (χ1) is 16.5. The van der Waals surface area contributed by atoms with E-state index in [0.717, 1.165) is 18.2 Å². The van der Waals surface area contributed by atoms with E-state index in [1.165, 1.54) is 41.3 Å². The lowest BCUT2D eigenvalue weighted by Gasteiger charge is -2.13.